The highest BCUT2D eigenvalue weighted by Crippen LogP contribution is 2.40. The van der Waals surface area contributed by atoms with E-state index < -0.39 is 0 Å². The molecule has 4 unspecified atom stereocenters. The lowest BCUT2D eigenvalue weighted by atomic mass is 9.93. The number of nitrogens with one attached hydrogen (secondary N) is 1. The summed E-state index contributed by atoms with van der Waals surface area (Å²) < 4.78 is 0. The molecule has 17 heavy (non-hydrogen) atoms. The fraction of sp³-hybridized carbons (Fsp3) is 1.00. The van der Waals surface area contributed by atoms with E-state index in [2.05, 4.69) is 31.0 Å². The van der Waals surface area contributed by atoms with Crippen LogP contribution < -0.4 is 5.32 Å². The standard InChI is InChI=1S/C15H30N2/c1-4-6-13-10-15(13)17-9-7-14(12(3)11-17)16-8-5-2/h12-16H,4-11H2,1-3H3. The molecule has 0 amide bonds. The summed E-state index contributed by atoms with van der Waals surface area (Å²) in [6.07, 6.45) is 6.91. The third-order valence-corrected chi connectivity index (χ3v) is 4.61. The number of likely N-dealkylation sites (tertiary alicyclic amines) is 1. The second kappa shape index (κ2) is 6.19. The van der Waals surface area contributed by atoms with Gasteiger partial charge >= 0.3 is 0 Å². The van der Waals surface area contributed by atoms with Gasteiger partial charge in [-0.2, -0.15) is 0 Å². The van der Waals surface area contributed by atoms with E-state index in [4.69, 9.17) is 0 Å². The summed E-state index contributed by atoms with van der Waals surface area (Å²) in [6, 6.07) is 1.72. The van der Waals surface area contributed by atoms with Crippen LogP contribution in [0.3, 0.4) is 0 Å². The molecule has 0 bridgehead atoms. The summed E-state index contributed by atoms with van der Waals surface area (Å²) in [5.41, 5.74) is 0. The van der Waals surface area contributed by atoms with E-state index in [0.29, 0.717) is 0 Å². The molecule has 2 aliphatic rings. The van der Waals surface area contributed by atoms with Gasteiger partial charge in [0.15, 0.2) is 0 Å². The Kier molecular flexibility index (Phi) is 4.87. The minimum atomic E-state index is 0.773. The summed E-state index contributed by atoms with van der Waals surface area (Å²) in [6.45, 7) is 10.8. The van der Waals surface area contributed by atoms with Crippen molar-refractivity contribution >= 4 is 0 Å². The molecule has 0 aromatic heterocycles. The van der Waals surface area contributed by atoms with E-state index in [0.717, 1.165) is 23.9 Å². The van der Waals surface area contributed by atoms with Crippen molar-refractivity contribution in [3.8, 4) is 0 Å². The quantitative estimate of drug-likeness (QED) is 0.765. The van der Waals surface area contributed by atoms with Crippen LogP contribution in [0.1, 0.15) is 52.9 Å². The Morgan fingerprint density at radius 1 is 1.24 bits per heavy atom. The molecule has 1 saturated heterocycles. The predicted octanol–water partition coefficient (Wildman–Crippen LogP) is 2.89. The first-order valence-electron chi connectivity index (χ1n) is 7.73. The number of rotatable bonds is 6. The molecule has 1 saturated carbocycles. The van der Waals surface area contributed by atoms with Crippen LogP contribution in [0.4, 0.5) is 0 Å². The van der Waals surface area contributed by atoms with Crippen molar-refractivity contribution in [3.05, 3.63) is 0 Å². The van der Waals surface area contributed by atoms with Gasteiger partial charge < -0.3 is 5.32 Å². The van der Waals surface area contributed by atoms with Crippen LogP contribution in [0, 0.1) is 11.8 Å². The summed E-state index contributed by atoms with van der Waals surface area (Å²) in [5.74, 6) is 1.87. The Labute approximate surface area is 107 Å². The highest BCUT2D eigenvalue weighted by atomic mass is 15.2. The van der Waals surface area contributed by atoms with Gasteiger partial charge in [0.2, 0.25) is 0 Å². The highest BCUT2D eigenvalue weighted by molar-refractivity contribution is 4.97. The minimum Gasteiger partial charge on any atom is -0.314 e. The zero-order chi connectivity index (χ0) is 12.3. The van der Waals surface area contributed by atoms with Crippen molar-refractivity contribution < 1.29 is 0 Å². The maximum absolute atomic E-state index is 3.71. The summed E-state index contributed by atoms with van der Waals surface area (Å²) >= 11 is 0. The van der Waals surface area contributed by atoms with Crippen molar-refractivity contribution in [1.82, 2.24) is 10.2 Å². The molecule has 0 aromatic carbocycles. The summed E-state index contributed by atoms with van der Waals surface area (Å²) in [7, 11) is 0. The monoisotopic (exact) mass is 238 g/mol. The van der Waals surface area contributed by atoms with Crippen molar-refractivity contribution in [3.63, 3.8) is 0 Å². The van der Waals surface area contributed by atoms with Gasteiger partial charge in [0.05, 0.1) is 0 Å². The van der Waals surface area contributed by atoms with Crippen molar-refractivity contribution in [1.29, 1.82) is 0 Å². The second-order valence-corrected chi connectivity index (χ2v) is 6.17. The van der Waals surface area contributed by atoms with Crippen LogP contribution in [0.25, 0.3) is 0 Å². The molecule has 2 nitrogen and oxygen atoms in total. The molecule has 1 N–H and O–H groups in total. The molecular weight excluding hydrogens is 208 g/mol. The van der Waals surface area contributed by atoms with Crippen molar-refractivity contribution in [2.45, 2.75) is 65.0 Å². The molecule has 2 heteroatoms. The van der Waals surface area contributed by atoms with Crippen molar-refractivity contribution in [2.24, 2.45) is 11.8 Å². The summed E-state index contributed by atoms with van der Waals surface area (Å²) in [4.78, 5) is 2.77. The van der Waals surface area contributed by atoms with Gasteiger partial charge in [0, 0.05) is 18.6 Å². The zero-order valence-electron chi connectivity index (χ0n) is 11.9. The van der Waals surface area contributed by atoms with Gasteiger partial charge in [-0.05, 0) is 50.6 Å². The van der Waals surface area contributed by atoms with E-state index >= 15 is 0 Å². The normalized spacial score (nSPS) is 38.3. The average molecular weight is 238 g/mol. The van der Waals surface area contributed by atoms with Gasteiger partial charge in [-0.3, -0.25) is 4.90 Å². The third kappa shape index (κ3) is 3.45. The number of piperidine rings is 1. The van der Waals surface area contributed by atoms with E-state index in [1.54, 1.807) is 0 Å². The molecule has 1 aliphatic heterocycles. The molecule has 0 aromatic rings. The molecule has 2 rings (SSSR count). The van der Waals surface area contributed by atoms with Crippen LogP contribution in [0.5, 0.6) is 0 Å². The zero-order valence-corrected chi connectivity index (χ0v) is 11.9. The van der Waals surface area contributed by atoms with Gasteiger partial charge in [-0.1, -0.05) is 27.2 Å². The Bertz CT molecular complexity index is 229. The first-order chi connectivity index (χ1) is 8.26. The molecule has 100 valence electrons. The molecular formula is C15H30N2. The number of hydrogen-bond donors (Lipinski definition) is 1. The third-order valence-electron chi connectivity index (χ3n) is 4.61. The number of nitrogens with zero attached hydrogens (tertiary/aromatic N) is 1. The minimum absolute atomic E-state index is 0.773. The maximum Gasteiger partial charge on any atom is 0.0127 e. The SMILES string of the molecule is CCCNC1CCN(C2CC2CCC)CC1C. The molecule has 1 heterocycles. The molecule has 0 radical (unpaired) electrons. The Balaban J connectivity index is 1.72. The van der Waals surface area contributed by atoms with Crippen LogP contribution >= 0.6 is 0 Å². The Hall–Kier alpha value is -0.0800. The Morgan fingerprint density at radius 3 is 2.71 bits per heavy atom. The fourth-order valence-electron chi connectivity index (χ4n) is 3.47. The molecule has 1 aliphatic carbocycles. The second-order valence-electron chi connectivity index (χ2n) is 6.17. The molecule has 4 atom stereocenters. The fourth-order valence-corrected chi connectivity index (χ4v) is 3.47. The Morgan fingerprint density at radius 2 is 2.06 bits per heavy atom. The lowest BCUT2D eigenvalue weighted by Gasteiger charge is -2.38. The first-order valence-corrected chi connectivity index (χ1v) is 7.73. The topological polar surface area (TPSA) is 15.3 Å². The van der Waals surface area contributed by atoms with E-state index in [9.17, 15) is 0 Å². The van der Waals surface area contributed by atoms with Crippen LogP contribution in [-0.4, -0.2) is 36.6 Å². The largest absolute Gasteiger partial charge is 0.314 e. The number of hydrogen-bond acceptors (Lipinski definition) is 2. The van der Waals surface area contributed by atoms with Gasteiger partial charge in [0.25, 0.3) is 0 Å². The lowest BCUT2D eigenvalue weighted by molar-refractivity contribution is 0.134. The van der Waals surface area contributed by atoms with Crippen LogP contribution in [-0.2, 0) is 0 Å². The van der Waals surface area contributed by atoms with Gasteiger partial charge in [-0.15, -0.1) is 0 Å². The highest BCUT2D eigenvalue weighted by Gasteiger charge is 2.42. The van der Waals surface area contributed by atoms with Gasteiger partial charge in [-0.25, -0.2) is 0 Å². The average Bonchev–Trinajstić information content (AvgIpc) is 3.07. The summed E-state index contributed by atoms with van der Waals surface area (Å²) in [5, 5.41) is 3.71. The molecule has 2 fully saturated rings. The van der Waals surface area contributed by atoms with Crippen LogP contribution in [0.15, 0.2) is 0 Å². The first kappa shape index (κ1) is 13.4. The lowest BCUT2D eigenvalue weighted by Crippen LogP contribution is -2.49. The maximum atomic E-state index is 3.71. The van der Waals surface area contributed by atoms with Gasteiger partial charge in [0.1, 0.15) is 0 Å². The smallest absolute Gasteiger partial charge is 0.0127 e. The molecule has 0 spiro atoms. The van der Waals surface area contributed by atoms with E-state index in [-0.39, 0.29) is 0 Å². The predicted molar refractivity (Wildman–Crippen MR) is 74.2 cm³/mol. The van der Waals surface area contributed by atoms with Crippen LogP contribution in [0.2, 0.25) is 0 Å². The van der Waals surface area contributed by atoms with Crippen molar-refractivity contribution in [2.75, 3.05) is 19.6 Å². The van der Waals surface area contributed by atoms with E-state index in [1.807, 2.05) is 0 Å². The van der Waals surface area contributed by atoms with E-state index in [1.165, 1.54) is 51.7 Å².